The Balaban J connectivity index is 2.13. The minimum Gasteiger partial charge on any atom is -0.491 e. The second-order valence-electron chi connectivity index (χ2n) is 5.04. The van der Waals surface area contributed by atoms with E-state index >= 15 is 0 Å². The van der Waals surface area contributed by atoms with Crippen molar-refractivity contribution in [3.63, 3.8) is 0 Å². The van der Waals surface area contributed by atoms with Crippen LogP contribution < -0.4 is 15.8 Å². The van der Waals surface area contributed by atoms with Gasteiger partial charge >= 0.3 is 0 Å². The maximum Gasteiger partial charge on any atom is 0.237 e. The van der Waals surface area contributed by atoms with Gasteiger partial charge in [0.2, 0.25) is 5.91 Å². The van der Waals surface area contributed by atoms with Crippen LogP contribution in [0.3, 0.4) is 0 Å². The Bertz CT molecular complexity index is 446. The molecule has 6 nitrogen and oxygen atoms in total. The van der Waals surface area contributed by atoms with Gasteiger partial charge in [-0.15, -0.1) is 0 Å². The quantitative estimate of drug-likeness (QED) is 0.827. The molecule has 0 bridgehead atoms. The van der Waals surface area contributed by atoms with E-state index < -0.39 is 5.54 Å². The molecular formula is C13H22N4O2. The monoisotopic (exact) mass is 266 g/mol. The van der Waals surface area contributed by atoms with E-state index in [1.807, 2.05) is 17.8 Å². The fourth-order valence-corrected chi connectivity index (χ4v) is 2.81. The van der Waals surface area contributed by atoms with Crippen molar-refractivity contribution in [3.05, 3.63) is 12.4 Å². The number of aromatic nitrogens is 2. The van der Waals surface area contributed by atoms with Crippen LogP contribution in [0, 0.1) is 0 Å². The van der Waals surface area contributed by atoms with Crippen LogP contribution >= 0.6 is 0 Å². The van der Waals surface area contributed by atoms with Gasteiger partial charge in [0.05, 0.1) is 30.6 Å². The van der Waals surface area contributed by atoms with Crippen molar-refractivity contribution in [1.29, 1.82) is 0 Å². The molecule has 0 aromatic carbocycles. The molecule has 1 amide bonds. The summed E-state index contributed by atoms with van der Waals surface area (Å²) in [6, 6.07) is 0.183. The summed E-state index contributed by atoms with van der Waals surface area (Å²) in [5, 5.41) is 7.43. The molecule has 19 heavy (non-hydrogen) atoms. The second-order valence-corrected chi connectivity index (χ2v) is 5.04. The molecule has 1 aromatic rings. The Morgan fingerprint density at radius 3 is 3.16 bits per heavy atom. The number of amides is 1. The highest BCUT2D eigenvalue weighted by Gasteiger charge is 2.40. The van der Waals surface area contributed by atoms with Crippen LogP contribution in [-0.4, -0.2) is 34.9 Å². The molecule has 3 N–H and O–H groups in total. The fraction of sp³-hybridized carbons (Fsp3) is 0.692. The van der Waals surface area contributed by atoms with Crippen molar-refractivity contribution in [3.8, 4) is 5.75 Å². The highest BCUT2D eigenvalue weighted by Crippen LogP contribution is 2.35. The van der Waals surface area contributed by atoms with E-state index in [1.54, 1.807) is 13.2 Å². The lowest BCUT2D eigenvalue weighted by Gasteiger charge is -2.38. The topological polar surface area (TPSA) is 82.2 Å². The summed E-state index contributed by atoms with van der Waals surface area (Å²) in [4.78, 5) is 11.7. The molecule has 1 aliphatic carbocycles. The zero-order valence-corrected chi connectivity index (χ0v) is 11.6. The second kappa shape index (κ2) is 5.61. The van der Waals surface area contributed by atoms with Gasteiger partial charge in [0.25, 0.3) is 0 Å². The summed E-state index contributed by atoms with van der Waals surface area (Å²) in [7, 11) is 1.79. The van der Waals surface area contributed by atoms with Crippen molar-refractivity contribution >= 4 is 5.91 Å². The number of primary amides is 1. The molecule has 2 atom stereocenters. The Kier molecular flexibility index (Phi) is 4.09. The predicted molar refractivity (Wildman–Crippen MR) is 71.9 cm³/mol. The van der Waals surface area contributed by atoms with Gasteiger partial charge in [0.15, 0.2) is 5.75 Å². The van der Waals surface area contributed by atoms with E-state index in [1.165, 1.54) is 0 Å². The Morgan fingerprint density at radius 1 is 1.74 bits per heavy atom. The summed E-state index contributed by atoms with van der Waals surface area (Å²) in [5.74, 6) is 0.485. The van der Waals surface area contributed by atoms with Crippen LogP contribution in [0.25, 0.3) is 0 Å². The van der Waals surface area contributed by atoms with Crippen molar-refractivity contribution in [1.82, 2.24) is 15.1 Å². The number of hydrogen-bond donors (Lipinski definition) is 2. The first-order chi connectivity index (χ1) is 9.11. The van der Waals surface area contributed by atoms with Gasteiger partial charge in [-0.2, -0.15) is 5.10 Å². The van der Waals surface area contributed by atoms with Crippen LogP contribution in [0.15, 0.2) is 12.4 Å². The van der Waals surface area contributed by atoms with E-state index in [0.717, 1.165) is 25.0 Å². The summed E-state index contributed by atoms with van der Waals surface area (Å²) < 4.78 is 7.30. The maximum absolute atomic E-state index is 11.7. The van der Waals surface area contributed by atoms with E-state index in [0.29, 0.717) is 13.0 Å². The van der Waals surface area contributed by atoms with Gasteiger partial charge in [0.1, 0.15) is 0 Å². The third-order valence-corrected chi connectivity index (χ3v) is 3.94. The standard InChI is InChI=1S/C13H22N4O2/c1-3-19-11-8-16-17(9-11)10-5-4-6-13(7-10,15-2)12(14)18/h8-10,15H,3-7H2,1-2H3,(H2,14,18). The molecule has 0 saturated heterocycles. The van der Waals surface area contributed by atoms with Crippen molar-refractivity contribution in [2.45, 2.75) is 44.2 Å². The maximum atomic E-state index is 11.7. The average Bonchev–Trinajstić information content (AvgIpc) is 2.87. The lowest BCUT2D eigenvalue weighted by atomic mass is 9.78. The smallest absolute Gasteiger partial charge is 0.237 e. The SMILES string of the molecule is CCOc1cnn(C2CCCC(NC)(C(N)=O)C2)c1. The normalized spacial score (nSPS) is 27.2. The van der Waals surface area contributed by atoms with Crippen LogP contribution in [0.1, 0.15) is 38.6 Å². The molecule has 0 radical (unpaired) electrons. The molecule has 1 fully saturated rings. The number of rotatable bonds is 5. The average molecular weight is 266 g/mol. The molecule has 1 aliphatic rings. The van der Waals surface area contributed by atoms with Gasteiger partial charge in [0, 0.05) is 0 Å². The van der Waals surface area contributed by atoms with Gasteiger partial charge in [-0.25, -0.2) is 0 Å². The Morgan fingerprint density at radius 2 is 2.53 bits per heavy atom. The molecule has 0 aliphatic heterocycles. The number of likely N-dealkylation sites (N-methyl/N-ethyl adjacent to an activating group) is 1. The number of carbonyl (C=O) groups is 1. The first kappa shape index (κ1) is 13.9. The van der Waals surface area contributed by atoms with Crippen molar-refractivity contribution < 1.29 is 9.53 Å². The summed E-state index contributed by atoms with van der Waals surface area (Å²) >= 11 is 0. The highest BCUT2D eigenvalue weighted by atomic mass is 16.5. The number of carbonyl (C=O) groups excluding carboxylic acids is 1. The molecule has 1 heterocycles. The van der Waals surface area contributed by atoms with Crippen LogP contribution in [0.4, 0.5) is 0 Å². The van der Waals surface area contributed by atoms with Gasteiger partial charge in [-0.3, -0.25) is 9.48 Å². The van der Waals surface area contributed by atoms with E-state index in [9.17, 15) is 4.79 Å². The van der Waals surface area contributed by atoms with Crippen LogP contribution in [-0.2, 0) is 4.79 Å². The van der Waals surface area contributed by atoms with Gasteiger partial charge in [-0.05, 0) is 39.7 Å². The van der Waals surface area contributed by atoms with Crippen LogP contribution in [0.5, 0.6) is 5.75 Å². The molecule has 1 saturated carbocycles. The summed E-state index contributed by atoms with van der Waals surface area (Å²) in [6.07, 6.45) is 7.02. The minimum atomic E-state index is -0.610. The van der Waals surface area contributed by atoms with Gasteiger partial charge < -0.3 is 15.8 Å². The first-order valence-electron chi connectivity index (χ1n) is 6.77. The Hall–Kier alpha value is -1.56. The molecule has 2 unspecified atom stereocenters. The first-order valence-corrected chi connectivity index (χ1v) is 6.77. The molecule has 1 aromatic heterocycles. The zero-order valence-electron chi connectivity index (χ0n) is 11.6. The van der Waals surface area contributed by atoms with E-state index in [-0.39, 0.29) is 11.9 Å². The molecular weight excluding hydrogens is 244 g/mol. The molecule has 2 rings (SSSR count). The summed E-state index contributed by atoms with van der Waals surface area (Å²) in [5.41, 5.74) is 4.94. The molecule has 0 spiro atoms. The van der Waals surface area contributed by atoms with Crippen molar-refractivity contribution in [2.75, 3.05) is 13.7 Å². The summed E-state index contributed by atoms with van der Waals surface area (Å²) in [6.45, 7) is 2.56. The number of nitrogens with two attached hydrogens (primary N) is 1. The lowest BCUT2D eigenvalue weighted by Crippen LogP contribution is -2.56. The number of hydrogen-bond acceptors (Lipinski definition) is 4. The number of ether oxygens (including phenoxy) is 1. The Labute approximate surface area is 113 Å². The molecule has 106 valence electrons. The lowest BCUT2D eigenvalue weighted by molar-refractivity contribution is -0.126. The fourth-order valence-electron chi connectivity index (χ4n) is 2.81. The minimum absolute atomic E-state index is 0.183. The number of nitrogens with one attached hydrogen (secondary N) is 1. The highest BCUT2D eigenvalue weighted by molar-refractivity contribution is 5.84. The predicted octanol–water partition coefficient (Wildman–Crippen LogP) is 0.840. The van der Waals surface area contributed by atoms with E-state index in [4.69, 9.17) is 10.5 Å². The zero-order chi connectivity index (χ0) is 13.9. The third kappa shape index (κ3) is 2.73. The van der Waals surface area contributed by atoms with Crippen LogP contribution in [0.2, 0.25) is 0 Å². The number of nitrogens with zero attached hydrogens (tertiary/aromatic N) is 2. The van der Waals surface area contributed by atoms with Crippen molar-refractivity contribution in [2.24, 2.45) is 5.73 Å². The van der Waals surface area contributed by atoms with Gasteiger partial charge in [-0.1, -0.05) is 0 Å². The third-order valence-electron chi connectivity index (χ3n) is 3.94. The largest absolute Gasteiger partial charge is 0.491 e. The van der Waals surface area contributed by atoms with E-state index in [2.05, 4.69) is 10.4 Å². The molecule has 6 heteroatoms.